The number of likely N-dealkylation sites (N-methyl/N-ethyl adjacent to an activating group) is 1. The van der Waals surface area contributed by atoms with Crippen LogP contribution in [0.2, 0.25) is 0 Å². The molecular weight excluding hydrogens is 226 g/mol. The van der Waals surface area contributed by atoms with Crippen LogP contribution in [0.1, 0.15) is 26.2 Å². The Labute approximate surface area is 109 Å². The van der Waals surface area contributed by atoms with Crippen LogP contribution in [-0.2, 0) is 0 Å². The second kappa shape index (κ2) is 5.52. The summed E-state index contributed by atoms with van der Waals surface area (Å²) in [5.41, 5.74) is 5.69. The number of hydrogen-bond acceptors (Lipinski definition) is 5. The fraction of sp³-hybridized carbons (Fsp3) is 0.692. The van der Waals surface area contributed by atoms with Gasteiger partial charge in [0.15, 0.2) is 0 Å². The van der Waals surface area contributed by atoms with E-state index in [1.807, 2.05) is 13.1 Å². The second-order valence-electron chi connectivity index (χ2n) is 5.13. The van der Waals surface area contributed by atoms with E-state index in [9.17, 15) is 0 Å². The first-order valence-corrected chi connectivity index (χ1v) is 6.61. The molecule has 1 saturated carbocycles. The fourth-order valence-electron chi connectivity index (χ4n) is 2.07. The first-order chi connectivity index (χ1) is 8.63. The molecule has 0 aromatic carbocycles. The minimum Gasteiger partial charge on any atom is -0.357 e. The van der Waals surface area contributed by atoms with Crippen molar-refractivity contribution in [3.8, 4) is 0 Å². The topological polar surface area (TPSA) is 58.3 Å². The zero-order chi connectivity index (χ0) is 13.1. The van der Waals surface area contributed by atoms with Gasteiger partial charge in [0.05, 0.1) is 0 Å². The third-order valence-electron chi connectivity index (χ3n) is 3.99. The predicted octanol–water partition coefficient (Wildman–Crippen LogP) is 1.25. The highest BCUT2D eigenvalue weighted by Crippen LogP contribution is 2.28. The summed E-state index contributed by atoms with van der Waals surface area (Å²) in [4.78, 5) is 13.0. The Morgan fingerprint density at radius 2 is 2.00 bits per heavy atom. The third kappa shape index (κ3) is 2.56. The van der Waals surface area contributed by atoms with E-state index in [1.165, 1.54) is 19.3 Å². The summed E-state index contributed by atoms with van der Waals surface area (Å²) in [7, 11) is 4.13. The van der Waals surface area contributed by atoms with Crippen LogP contribution in [0.5, 0.6) is 0 Å². The van der Waals surface area contributed by atoms with Crippen molar-refractivity contribution in [3.63, 3.8) is 0 Å². The molecule has 0 saturated heterocycles. The number of nitrogens with zero attached hydrogens (tertiary/aromatic N) is 4. The lowest BCUT2D eigenvalue weighted by molar-refractivity contribution is 0.399. The van der Waals surface area contributed by atoms with Crippen molar-refractivity contribution in [1.29, 1.82) is 0 Å². The minimum absolute atomic E-state index is 0.279. The predicted molar refractivity (Wildman–Crippen MR) is 75.0 cm³/mol. The van der Waals surface area contributed by atoms with E-state index in [1.54, 1.807) is 6.33 Å². The quantitative estimate of drug-likeness (QED) is 0.851. The Morgan fingerprint density at radius 1 is 1.33 bits per heavy atom. The van der Waals surface area contributed by atoms with Crippen molar-refractivity contribution in [1.82, 2.24) is 9.97 Å². The number of aromatic nitrogens is 2. The highest BCUT2D eigenvalue weighted by atomic mass is 15.2. The molecule has 2 N–H and O–H groups in total. The standard InChI is InChI=1S/C13H23N5/c1-10(8-14)17(2)12-7-13(16-9-15-12)18(3)11-5-4-6-11/h7,9-11H,4-6,8,14H2,1-3H3. The van der Waals surface area contributed by atoms with Crippen LogP contribution in [0.4, 0.5) is 11.6 Å². The highest BCUT2D eigenvalue weighted by Gasteiger charge is 2.23. The molecule has 5 heteroatoms. The Bertz CT molecular complexity index is 365. The monoisotopic (exact) mass is 249 g/mol. The van der Waals surface area contributed by atoms with Gasteiger partial charge in [-0.2, -0.15) is 0 Å². The fourth-order valence-corrected chi connectivity index (χ4v) is 2.07. The Balaban J connectivity index is 2.13. The van der Waals surface area contributed by atoms with E-state index in [4.69, 9.17) is 5.73 Å². The molecule has 1 aromatic heterocycles. The molecule has 0 spiro atoms. The second-order valence-corrected chi connectivity index (χ2v) is 5.13. The van der Waals surface area contributed by atoms with Crippen LogP contribution in [0, 0.1) is 0 Å². The van der Waals surface area contributed by atoms with E-state index in [0.717, 1.165) is 11.6 Å². The molecule has 1 atom stereocenters. The molecule has 100 valence electrons. The zero-order valence-electron chi connectivity index (χ0n) is 11.5. The van der Waals surface area contributed by atoms with Gasteiger partial charge in [0, 0.05) is 38.8 Å². The van der Waals surface area contributed by atoms with Crippen LogP contribution >= 0.6 is 0 Å². The van der Waals surface area contributed by atoms with Gasteiger partial charge in [-0.25, -0.2) is 9.97 Å². The van der Waals surface area contributed by atoms with Gasteiger partial charge in [0.25, 0.3) is 0 Å². The van der Waals surface area contributed by atoms with Gasteiger partial charge in [0.2, 0.25) is 0 Å². The maximum Gasteiger partial charge on any atom is 0.134 e. The lowest BCUT2D eigenvalue weighted by Crippen LogP contribution is -2.38. The number of rotatable bonds is 5. The Morgan fingerprint density at radius 3 is 2.56 bits per heavy atom. The molecule has 18 heavy (non-hydrogen) atoms. The maximum absolute atomic E-state index is 5.69. The van der Waals surface area contributed by atoms with Crippen molar-refractivity contribution in [3.05, 3.63) is 12.4 Å². The van der Waals surface area contributed by atoms with E-state index in [2.05, 4.69) is 33.7 Å². The van der Waals surface area contributed by atoms with Crippen LogP contribution in [0.15, 0.2) is 12.4 Å². The van der Waals surface area contributed by atoms with Gasteiger partial charge in [-0.05, 0) is 26.2 Å². The van der Waals surface area contributed by atoms with E-state index < -0.39 is 0 Å². The van der Waals surface area contributed by atoms with Gasteiger partial charge in [-0.3, -0.25) is 0 Å². The average Bonchev–Trinajstić information content (AvgIpc) is 2.35. The van der Waals surface area contributed by atoms with Gasteiger partial charge >= 0.3 is 0 Å². The third-order valence-corrected chi connectivity index (χ3v) is 3.99. The SMILES string of the molecule is CC(CN)N(C)c1cc(N(C)C2CCC2)ncn1. The normalized spacial score (nSPS) is 17.1. The van der Waals surface area contributed by atoms with Crippen molar-refractivity contribution in [2.24, 2.45) is 5.73 Å². The minimum atomic E-state index is 0.279. The summed E-state index contributed by atoms with van der Waals surface area (Å²) < 4.78 is 0. The summed E-state index contributed by atoms with van der Waals surface area (Å²) in [6, 6.07) is 2.97. The van der Waals surface area contributed by atoms with Gasteiger partial charge < -0.3 is 15.5 Å². The molecule has 1 fully saturated rings. The molecule has 1 heterocycles. The van der Waals surface area contributed by atoms with Crippen molar-refractivity contribution in [2.45, 2.75) is 38.3 Å². The van der Waals surface area contributed by atoms with E-state index >= 15 is 0 Å². The summed E-state index contributed by atoms with van der Waals surface area (Å²) >= 11 is 0. The van der Waals surface area contributed by atoms with Crippen LogP contribution in [0.3, 0.4) is 0 Å². The van der Waals surface area contributed by atoms with Crippen LogP contribution in [0.25, 0.3) is 0 Å². The number of hydrogen-bond donors (Lipinski definition) is 1. The molecular formula is C13H23N5. The molecule has 5 nitrogen and oxygen atoms in total. The summed E-state index contributed by atoms with van der Waals surface area (Å²) in [6.07, 6.45) is 5.51. The van der Waals surface area contributed by atoms with Gasteiger partial charge in [-0.1, -0.05) is 0 Å². The van der Waals surface area contributed by atoms with E-state index in [-0.39, 0.29) is 6.04 Å². The Hall–Kier alpha value is -1.36. The molecule has 1 unspecified atom stereocenters. The van der Waals surface area contributed by atoms with Crippen molar-refractivity contribution < 1.29 is 0 Å². The summed E-state index contributed by atoms with van der Waals surface area (Å²) in [5.74, 6) is 1.94. The molecule has 1 aromatic rings. The molecule has 0 bridgehead atoms. The molecule has 0 amide bonds. The van der Waals surface area contributed by atoms with Crippen LogP contribution in [-0.4, -0.2) is 42.7 Å². The summed E-state index contributed by atoms with van der Waals surface area (Å²) in [5, 5.41) is 0. The van der Waals surface area contributed by atoms with Gasteiger partial charge in [-0.15, -0.1) is 0 Å². The lowest BCUT2D eigenvalue weighted by atomic mass is 9.92. The maximum atomic E-state index is 5.69. The smallest absolute Gasteiger partial charge is 0.134 e. The van der Waals surface area contributed by atoms with Crippen molar-refractivity contribution in [2.75, 3.05) is 30.4 Å². The molecule has 1 aliphatic rings. The molecule has 0 radical (unpaired) electrons. The first kappa shape index (κ1) is 13.1. The molecule has 1 aliphatic carbocycles. The van der Waals surface area contributed by atoms with Gasteiger partial charge in [0.1, 0.15) is 18.0 Å². The average molecular weight is 249 g/mol. The molecule has 2 rings (SSSR count). The van der Waals surface area contributed by atoms with E-state index in [0.29, 0.717) is 12.6 Å². The largest absolute Gasteiger partial charge is 0.357 e. The molecule has 0 aliphatic heterocycles. The zero-order valence-corrected chi connectivity index (χ0v) is 11.5. The van der Waals surface area contributed by atoms with Crippen molar-refractivity contribution >= 4 is 11.6 Å². The summed E-state index contributed by atoms with van der Waals surface area (Å²) in [6.45, 7) is 2.71. The number of nitrogens with two attached hydrogens (primary N) is 1. The lowest BCUT2D eigenvalue weighted by Gasteiger charge is -2.36. The van der Waals surface area contributed by atoms with Crippen LogP contribution < -0.4 is 15.5 Å². The Kier molecular flexibility index (Phi) is 4.01. The highest BCUT2D eigenvalue weighted by molar-refractivity contribution is 5.50. The first-order valence-electron chi connectivity index (χ1n) is 6.61. The number of anilines is 2.